The molecule has 0 unspecified atom stereocenters. The van der Waals surface area contributed by atoms with Crippen LogP contribution in [-0.4, -0.2) is 17.8 Å². The molecule has 0 bridgehead atoms. The van der Waals surface area contributed by atoms with Gasteiger partial charge in [0.1, 0.15) is 0 Å². The average molecular weight is 873 g/mol. The first-order valence-corrected chi connectivity index (χ1v) is 22.5. The monoisotopic (exact) mass is 872 g/mol. The molecular formula is C45H26F6S6. The number of thiophene rings is 6. The van der Waals surface area contributed by atoms with Gasteiger partial charge in [0.25, 0.3) is 0 Å². The molecule has 284 valence electrons. The van der Waals surface area contributed by atoms with Gasteiger partial charge in [0, 0.05) is 61.3 Å². The van der Waals surface area contributed by atoms with Gasteiger partial charge in [-0.15, -0.1) is 68.0 Å². The summed E-state index contributed by atoms with van der Waals surface area (Å²) in [6.45, 7) is 0. The highest BCUT2D eigenvalue weighted by atomic mass is 32.1. The summed E-state index contributed by atoms with van der Waals surface area (Å²) in [5, 5.41) is 3.48. The fourth-order valence-electron chi connectivity index (χ4n) is 6.65. The third kappa shape index (κ3) is 6.85. The van der Waals surface area contributed by atoms with Crippen molar-refractivity contribution in [2.75, 3.05) is 0 Å². The number of hydrogen-bond acceptors (Lipinski definition) is 6. The van der Waals surface area contributed by atoms with Crippen molar-refractivity contribution in [3.05, 3.63) is 164 Å². The first-order valence-electron chi connectivity index (χ1n) is 17.4. The van der Waals surface area contributed by atoms with Crippen molar-refractivity contribution in [1.29, 1.82) is 0 Å². The number of rotatable bonds is 10. The molecular weight excluding hydrogens is 847 g/mol. The van der Waals surface area contributed by atoms with Crippen LogP contribution in [0.25, 0.3) is 74.5 Å². The van der Waals surface area contributed by atoms with Crippen LogP contribution in [0.15, 0.2) is 132 Å². The van der Waals surface area contributed by atoms with E-state index in [-0.39, 0.29) is 20.9 Å². The Kier molecular flexibility index (Phi) is 9.99. The molecule has 6 heterocycles. The van der Waals surface area contributed by atoms with Gasteiger partial charge in [0.2, 0.25) is 0 Å². The Morgan fingerprint density at radius 3 is 1.19 bits per heavy atom. The summed E-state index contributed by atoms with van der Waals surface area (Å²) in [6, 6.07) is 36.4. The van der Waals surface area contributed by atoms with Crippen molar-refractivity contribution < 1.29 is 26.3 Å². The zero-order valence-electron chi connectivity index (χ0n) is 29.2. The van der Waals surface area contributed by atoms with Gasteiger partial charge in [-0.3, -0.25) is 0 Å². The lowest BCUT2D eigenvalue weighted by molar-refractivity contribution is -0.254. The minimum atomic E-state index is -5.70. The van der Waals surface area contributed by atoms with Crippen LogP contribution in [0.4, 0.5) is 26.3 Å². The lowest BCUT2D eigenvalue weighted by Crippen LogP contribution is -2.48. The van der Waals surface area contributed by atoms with E-state index in [4.69, 9.17) is 0 Å². The van der Waals surface area contributed by atoms with E-state index in [1.165, 1.54) is 57.5 Å². The van der Waals surface area contributed by atoms with Gasteiger partial charge in [-0.05, 0) is 82.6 Å². The Labute approximate surface area is 348 Å². The topological polar surface area (TPSA) is 0 Å². The Morgan fingerprint density at radius 1 is 0.386 bits per heavy atom. The molecule has 12 heteroatoms. The number of halogens is 6. The van der Waals surface area contributed by atoms with Gasteiger partial charge in [-0.1, -0.05) is 84.9 Å². The number of alkyl halides is 6. The van der Waals surface area contributed by atoms with E-state index in [9.17, 15) is 0 Å². The van der Waals surface area contributed by atoms with Gasteiger partial charge < -0.3 is 0 Å². The minimum absolute atomic E-state index is 0.233. The Hall–Kier alpha value is -4.56. The summed E-state index contributed by atoms with van der Waals surface area (Å²) in [4.78, 5) is 5.68. The highest BCUT2D eigenvalue weighted by molar-refractivity contribution is 7.27. The van der Waals surface area contributed by atoms with E-state index >= 15 is 26.3 Å². The molecule has 0 radical (unpaired) electrons. The van der Waals surface area contributed by atoms with Crippen LogP contribution in [-0.2, 0) is 0 Å². The molecule has 0 atom stereocenters. The zero-order valence-corrected chi connectivity index (χ0v) is 34.1. The standard InChI is InChI=1S/C45H26F6S6/c46-43(47)39(31-25-37(56-41(31)35-13-7-23-52-35)33-21-19-29(54-33)17-15-27-9-3-1-4-10-27)40(44(48,49)45(43,50)51)32-26-38(57-42(32)36-14-8-24-53-36)34-22-20-30(55-34)18-16-28-11-5-2-6-12-28/h1-26H. The lowest BCUT2D eigenvalue weighted by Gasteiger charge is -2.25. The molecule has 0 aliphatic heterocycles. The normalized spacial score (nSPS) is 16.1. The summed E-state index contributed by atoms with van der Waals surface area (Å²) in [6.07, 6.45) is 7.76. The molecule has 6 aromatic heterocycles. The van der Waals surface area contributed by atoms with Gasteiger partial charge in [0.05, 0.1) is 9.75 Å². The van der Waals surface area contributed by atoms with Crippen LogP contribution in [0.5, 0.6) is 0 Å². The van der Waals surface area contributed by atoms with E-state index < -0.39 is 28.9 Å². The van der Waals surface area contributed by atoms with E-state index in [0.29, 0.717) is 29.3 Å². The maximum atomic E-state index is 16.5. The maximum absolute atomic E-state index is 16.5. The average Bonchev–Trinajstić information content (AvgIpc) is 4.06. The van der Waals surface area contributed by atoms with Gasteiger partial charge >= 0.3 is 17.8 Å². The molecule has 1 aliphatic rings. The van der Waals surface area contributed by atoms with Gasteiger partial charge in [-0.2, -0.15) is 26.3 Å². The third-order valence-electron chi connectivity index (χ3n) is 9.38. The fraction of sp³-hybridized carbons (Fsp3) is 0.0667. The van der Waals surface area contributed by atoms with Crippen LogP contribution in [0.3, 0.4) is 0 Å². The van der Waals surface area contributed by atoms with E-state index in [1.807, 2.05) is 109 Å². The van der Waals surface area contributed by atoms with E-state index in [2.05, 4.69) is 0 Å². The first-order chi connectivity index (χ1) is 27.5. The van der Waals surface area contributed by atoms with E-state index in [0.717, 1.165) is 43.6 Å². The summed E-state index contributed by atoms with van der Waals surface area (Å²) < 4.78 is 98.0. The van der Waals surface area contributed by atoms with Crippen LogP contribution in [0.1, 0.15) is 32.0 Å². The Morgan fingerprint density at radius 2 is 0.807 bits per heavy atom. The summed E-state index contributed by atoms with van der Waals surface area (Å²) in [5.41, 5.74) is -1.34. The van der Waals surface area contributed by atoms with Crippen molar-refractivity contribution in [1.82, 2.24) is 0 Å². The molecule has 0 amide bonds. The number of benzene rings is 2. The highest BCUT2D eigenvalue weighted by Crippen LogP contribution is 2.67. The predicted octanol–water partition coefficient (Wildman–Crippen LogP) is 16.9. The molecule has 1 aliphatic carbocycles. The van der Waals surface area contributed by atoms with Gasteiger partial charge in [0.15, 0.2) is 0 Å². The molecule has 0 saturated heterocycles. The minimum Gasteiger partial charge on any atom is -0.194 e. The molecule has 0 nitrogen and oxygen atoms in total. The van der Waals surface area contributed by atoms with Crippen molar-refractivity contribution in [3.8, 4) is 39.0 Å². The van der Waals surface area contributed by atoms with Crippen molar-refractivity contribution in [3.63, 3.8) is 0 Å². The second kappa shape index (κ2) is 15.0. The zero-order chi connectivity index (χ0) is 39.4. The largest absolute Gasteiger partial charge is 0.380 e. The van der Waals surface area contributed by atoms with Gasteiger partial charge in [-0.25, -0.2) is 0 Å². The Bertz CT molecular complexity index is 2570. The SMILES string of the molecule is FC1(F)C(c2cc(-c3ccc(C=Cc4ccccc4)s3)sc2-c2cccs2)=C(c2cc(-c3ccc(C=Cc4ccccc4)s3)sc2-c2cccs2)C(F)(F)C1(F)F. The molecule has 57 heavy (non-hydrogen) atoms. The second-order valence-electron chi connectivity index (χ2n) is 13.0. The summed E-state index contributed by atoms with van der Waals surface area (Å²) in [5.74, 6) is -16.1. The number of hydrogen-bond donors (Lipinski definition) is 0. The fourth-order valence-corrected chi connectivity index (χ4v) is 12.7. The van der Waals surface area contributed by atoms with Crippen molar-refractivity contribution >= 4 is 103 Å². The van der Waals surface area contributed by atoms with Crippen LogP contribution in [0.2, 0.25) is 0 Å². The summed E-state index contributed by atoms with van der Waals surface area (Å²) >= 11 is 7.52. The second-order valence-corrected chi connectivity index (χ2v) is 19.3. The molecule has 9 rings (SSSR count). The van der Waals surface area contributed by atoms with Crippen LogP contribution >= 0.6 is 68.0 Å². The molecule has 0 fully saturated rings. The molecule has 0 N–H and O–H groups in total. The first kappa shape index (κ1) is 38.0. The third-order valence-corrected chi connectivity index (χ3v) is 16.2. The molecule has 2 aromatic carbocycles. The number of allylic oxidation sites excluding steroid dienone is 2. The lowest BCUT2D eigenvalue weighted by atomic mass is 9.94. The van der Waals surface area contributed by atoms with Crippen LogP contribution < -0.4 is 0 Å². The van der Waals surface area contributed by atoms with E-state index in [1.54, 1.807) is 35.0 Å². The summed E-state index contributed by atoms with van der Waals surface area (Å²) in [7, 11) is 0. The van der Waals surface area contributed by atoms with Crippen molar-refractivity contribution in [2.45, 2.75) is 17.8 Å². The maximum Gasteiger partial charge on any atom is 0.380 e. The Balaban J connectivity index is 1.21. The molecule has 8 aromatic rings. The predicted molar refractivity (Wildman–Crippen MR) is 234 cm³/mol. The van der Waals surface area contributed by atoms with Crippen LogP contribution in [0, 0.1) is 0 Å². The molecule has 0 spiro atoms. The smallest absolute Gasteiger partial charge is 0.194 e. The van der Waals surface area contributed by atoms with Crippen molar-refractivity contribution in [2.24, 2.45) is 0 Å². The highest BCUT2D eigenvalue weighted by Gasteiger charge is 2.80. The quantitative estimate of drug-likeness (QED) is 0.120. The molecule has 0 saturated carbocycles.